The SMILES string of the molecule is Cc1ccccc1OCc1nc2ccccc2c(=O)n1/N=C\c1ccc(O)cc1O. The van der Waals surface area contributed by atoms with Crippen molar-refractivity contribution in [3.63, 3.8) is 0 Å². The molecule has 0 fully saturated rings. The van der Waals surface area contributed by atoms with E-state index in [0.29, 0.717) is 28.0 Å². The van der Waals surface area contributed by atoms with E-state index in [1.807, 2.05) is 37.3 Å². The minimum atomic E-state index is -0.349. The van der Waals surface area contributed by atoms with Gasteiger partial charge in [0, 0.05) is 11.6 Å². The van der Waals surface area contributed by atoms with Gasteiger partial charge in [-0.05, 0) is 42.8 Å². The first-order valence-corrected chi connectivity index (χ1v) is 9.28. The zero-order chi connectivity index (χ0) is 21.1. The quantitative estimate of drug-likeness (QED) is 0.498. The molecule has 2 N–H and O–H groups in total. The molecule has 0 saturated heterocycles. The number of benzene rings is 3. The number of aryl methyl sites for hydroxylation is 1. The molecule has 4 rings (SSSR count). The van der Waals surface area contributed by atoms with Gasteiger partial charge in [0.25, 0.3) is 5.56 Å². The molecule has 0 amide bonds. The van der Waals surface area contributed by atoms with Crippen LogP contribution in [0.2, 0.25) is 0 Å². The molecule has 0 atom stereocenters. The lowest BCUT2D eigenvalue weighted by Gasteiger charge is -2.12. The predicted molar refractivity (Wildman–Crippen MR) is 114 cm³/mol. The van der Waals surface area contributed by atoms with Crippen molar-refractivity contribution in [2.24, 2.45) is 5.10 Å². The summed E-state index contributed by atoms with van der Waals surface area (Å²) in [4.78, 5) is 17.6. The van der Waals surface area contributed by atoms with Gasteiger partial charge in [-0.25, -0.2) is 4.98 Å². The molecule has 0 saturated carbocycles. The van der Waals surface area contributed by atoms with Gasteiger partial charge >= 0.3 is 0 Å². The van der Waals surface area contributed by atoms with Crippen LogP contribution in [-0.2, 0) is 6.61 Å². The van der Waals surface area contributed by atoms with Crippen LogP contribution in [0.4, 0.5) is 0 Å². The third-order valence-corrected chi connectivity index (χ3v) is 4.60. The summed E-state index contributed by atoms with van der Waals surface area (Å²) >= 11 is 0. The number of hydrogen-bond donors (Lipinski definition) is 2. The summed E-state index contributed by atoms with van der Waals surface area (Å²) in [6.45, 7) is 1.96. The maximum absolute atomic E-state index is 13.0. The topological polar surface area (TPSA) is 96.9 Å². The van der Waals surface area contributed by atoms with Crippen LogP contribution in [0.15, 0.2) is 76.6 Å². The van der Waals surface area contributed by atoms with Crippen LogP contribution in [0.5, 0.6) is 17.2 Å². The number of ether oxygens (including phenoxy) is 1. The summed E-state index contributed by atoms with van der Waals surface area (Å²) < 4.78 is 7.04. The molecule has 4 aromatic rings. The van der Waals surface area contributed by atoms with Gasteiger partial charge in [-0.1, -0.05) is 30.3 Å². The van der Waals surface area contributed by atoms with Crippen molar-refractivity contribution in [2.75, 3.05) is 0 Å². The van der Waals surface area contributed by atoms with Gasteiger partial charge in [0.05, 0.1) is 17.1 Å². The minimum absolute atomic E-state index is 0.0316. The minimum Gasteiger partial charge on any atom is -0.508 e. The zero-order valence-electron chi connectivity index (χ0n) is 16.2. The van der Waals surface area contributed by atoms with E-state index in [1.54, 1.807) is 18.2 Å². The Kier molecular flexibility index (Phi) is 5.17. The van der Waals surface area contributed by atoms with Gasteiger partial charge in [0.15, 0.2) is 5.82 Å². The average molecular weight is 401 g/mol. The van der Waals surface area contributed by atoms with E-state index >= 15 is 0 Å². The summed E-state index contributed by atoms with van der Waals surface area (Å²) in [6.07, 6.45) is 1.34. The largest absolute Gasteiger partial charge is 0.508 e. The van der Waals surface area contributed by atoms with Gasteiger partial charge in [-0.2, -0.15) is 9.78 Å². The van der Waals surface area contributed by atoms with E-state index in [-0.39, 0.29) is 23.7 Å². The fourth-order valence-corrected chi connectivity index (χ4v) is 3.00. The molecule has 1 heterocycles. The molecule has 0 radical (unpaired) electrons. The van der Waals surface area contributed by atoms with Gasteiger partial charge in [0.1, 0.15) is 23.9 Å². The summed E-state index contributed by atoms with van der Waals surface area (Å²) in [7, 11) is 0. The molecule has 0 aliphatic carbocycles. The summed E-state index contributed by atoms with van der Waals surface area (Å²) in [5.74, 6) is 0.780. The molecule has 30 heavy (non-hydrogen) atoms. The van der Waals surface area contributed by atoms with Crippen molar-refractivity contribution in [1.29, 1.82) is 0 Å². The molecular weight excluding hydrogens is 382 g/mol. The number of rotatable bonds is 5. The first kappa shape index (κ1) is 19.2. The second-order valence-electron chi connectivity index (χ2n) is 6.70. The molecule has 7 nitrogen and oxygen atoms in total. The highest BCUT2D eigenvalue weighted by Crippen LogP contribution is 2.21. The molecule has 1 aromatic heterocycles. The van der Waals surface area contributed by atoms with Crippen LogP contribution in [0.1, 0.15) is 17.0 Å². The van der Waals surface area contributed by atoms with Crippen LogP contribution in [-0.4, -0.2) is 26.1 Å². The van der Waals surface area contributed by atoms with Gasteiger partial charge < -0.3 is 14.9 Å². The van der Waals surface area contributed by atoms with E-state index in [1.165, 1.54) is 24.4 Å². The Bertz CT molecular complexity index is 1310. The Labute approximate surface area is 172 Å². The predicted octanol–water partition coefficient (Wildman–Crippen LogP) is 3.58. The standard InChI is InChI=1S/C23H19N3O4/c1-15-6-2-5-9-21(15)30-14-22-25-19-8-4-3-7-18(19)23(29)26(22)24-13-16-10-11-17(27)12-20(16)28/h2-13,27-28H,14H2,1H3/b24-13-. The Balaban J connectivity index is 1.77. The second kappa shape index (κ2) is 8.08. The van der Waals surface area contributed by atoms with Crippen molar-refractivity contribution < 1.29 is 14.9 Å². The Morgan fingerprint density at radius 3 is 2.63 bits per heavy atom. The maximum Gasteiger partial charge on any atom is 0.282 e. The third kappa shape index (κ3) is 3.86. The number of aromatic hydroxyl groups is 2. The van der Waals surface area contributed by atoms with Crippen molar-refractivity contribution in [3.8, 4) is 17.2 Å². The lowest BCUT2D eigenvalue weighted by Crippen LogP contribution is -2.23. The number of hydrogen-bond acceptors (Lipinski definition) is 6. The average Bonchev–Trinajstić information content (AvgIpc) is 2.74. The normalized spacial score (nSPS) is 11.2. The molecule has 3 aromatic carbocycles. The number of nitrogens with zero attached hydrogens (tertiary/aromatic N) is 3. The van der Waals surface area contributed by atoms with E-state index < -0.39 is 0 Å². The van der Waals surface area contributed by atoms with Crippen LogP contribution < -0.4 is 10.3 Å². The highest BCUT2D eigenvalue weighted by Gasteiger charge is 2.12. The van der Waals surface area contributed by atoms with E-state index in [4.69, 9.17) is 4.74 Å². The maximum atomic E-state index is 13.0. The lowest BCUT2D eigenvalue weighted by molar-refractivity contribution is 0.287. The van der Waals surface area contributed by atoms with Crippen LogP contribution in [0.3, 0.4) is 0 Å². The van der Waals surface area contributed by atoms with Crippen LogP contribution in [0, 0.1) is 6.92 Å². The van der Waals surface area contributed by atoms with Gasteiger partial charge in [-0.15, -0.1) is 0 Å². The molecule has 0 unspecified atom stereocenters. The Hall–Kier alpha value is -4.13. The molecule has 7 heteroatoms. The number of aromatic nitrogens is 2. The number of phenolic OH excluding ortho intramolecular Hbond substituents is 2. The number of phenols is 2. The van der Waals surface area contributed by atoms with Crippen LogP contribution in [0.25, 0.3) is 10.9 Å². The second-order valence-corrected chi connectivity index (χ2v) is 6.70. The zero-order valence-corrected chi connectivity index (χ0v) is 16.2. The van der Waals surface area contributed by atoms with Crippen molar-refractivity contribution in [3.05, 3.63) is 94.0 Å². The fraction of sp³-hybridized carbons (Fsp3) is 0.0870. The molecule has 0 bridgehead atoms. The first-order valence-electron chi connectivity index (χ1n) is 9.28. The summed E-state index contributed by atoms with van der Waals surface area (Å²) in [5, 5.41) is 24.1. The lowest BCUT2D eigenvalue weighted by atomic mass is 10.2. The van der Waals surface area contributed by atoms with E-state index in [9.17, 15) is 15.0 Å². The highest BCUT2D eigenvalue weighted by molar-refractivity contribution is 5.84. The van der Waals surface area contributed by atoms with Crippen LogP contribution >= 0.6 is 0 Å². The molecule has 0 aliphatic rings. The third-order valence-electron chi connectivity index (χ3n) is 4.60. The molecule has 0 spiro atoms. The number of para-hydroxylation sites is 2. The first-order chi connectivity index (χ1) is 14.5. The van der Waals surface area contributed by atoms with E-state index in [0.717, 1.165) is 10.2 Å². The molecule has 0 aliphatic heterocycles. The monoisotopic (exact) mass is 401 g/mol. The fourth-order valence-electron chi connectivity index (χ4n) is 3.00. The molecule has 150 valence electrons. The highest BCUT2D eigenvalue weighted by atomic mass is 16.5. The smallest absolute Gasteiger partial charge is 0.282 e. The van der Waals surface area contributed by atoms with Gasteiger partial charge in [0.2, 0.25) is 0 Å². The summed E-state index contributed by atoms with van der Waals surface area (Å²) in [5.41, 5.74) is 1.51. The van der Waals surface area contributed by atoms with E-state index in [2.05, 4.69) is 10.1 Å². The van der Waals surface area contributed by atoms with Crippen molar-refractivity contribution in [2.45, 2.75) is 13.5 Å². The summed E-state index contributed by atoms with van der Waals surface area (Å²) in [6, 6.07) is 18.7. The van der Waals surface area contributed by atoms with Crippen molar-refractivity contribution in [1.82, 2.24) is 9.66 Å². The molecular formula is C23H19N3O4. The van der Waals surface area contributed by atoms with Gasteiger partial charge in [-0.3, -0.25) is 4.79 Å². The van der Waals surface area contributed by atoms with Crippen molar-refractivity contribution >= 4 is 17.1 Å². The Morgan fingerprint density at radius 2 is 1.83 bits per heavy atom. The Morgan fingerprint density at radius 1 is 1.07 bits per heavy atom. The number of fused-ring (bicyclic) bond motifs is 1.